The van der Waals surface area contributed by atoms with Crippen LogP contribution in [0, 0.1) is 0 Å². The number of ether oxygens (including phenoxy) is 2. The van der Waals surface area contributed by atoms with Gasteiger partial charge in [0.15, 0.2) is 0 Å². The molecule has 0 spiro atoms. The standard InChI is InChI=1S/C12H26N2O2/c1-4-13-11(6-5-8-15-3)12-10-14(2)7-9-16-12/h11-13H,4-10H2,1-3H3. The smallest absolute Gasteiger partial charge is 0.0855 e. The first-order chi connectivity index (χ1) is 7.77. The minimum Gasteiger partial charge on any atom is -0.385 e. The van der Waals surface area contributed by atoms with Gasteiger partial charge in [0.25, 0.3) is 0 Å². The van der Waals surface area contributed by atoms with E-state index in [1.54, 1.807) is 7.11 Å². The van der Waals surface area contributed by atoms with Crippen LogP contribution in [0.15, 0.2) is 0 Å². The van der Waals surface area contributed by atoms with Crippen LogP contribution in [0.3, 0.4) is 0 Å². The second-order valence-electron chi connectivity index (χ2n) is 4.47. The lowest BCUT2D eigenvalue weighted by atomic mass is 10.0. The quantitative estimate of drug-likeness (QED) is 0.654. The van der Waals surface area contributed by atoms with Crippen molar-refractivity contribution in [1.82, 2.24) is 10.2 Å². The first-order valence-corrected chi connectivity index (χ1v) is 6.30. The molecule has 16 heavy (non-hydrogen) atoms. The lowest BCUT2D eigenvalue weighted by Gasteiger charge is -2.35. The molecule has 1 N–H and O–H groups in total. The number of nitrogens with zero attached hydrogens (tertiary/aromatic N) is 1. The average Bonchev–Trinajstić information content (AvgIpc) is 2.28. The number of likely N-dealkylation sites (N-methyl/N-ethyl adjacent to an activating group) is 2. The highest BCUT2D eigenvalue weighted by atomic mass is 16.5. The van der Waals surface area contributed by atoms with Crippen molar-refractivity contribution in [3.63, 3.8) is 0 Å². The molecule has 1 fully saturated rings. The van der Waals surface area contributed by atoms with Crippen molar-refractivity contribution in [2.45, 2.75) is 31.9 Å². The third-order valence-electron chi connectivity index (χ3n) is 3.08. The van der Waals surface area contributed by atoms with Crippen LogP contribution in [0.1, 0.15) is 19.8 Å². The highest BCUT2D eigenvalue weighted by molar-refractivity contribution is 4.81. The Hall–Kier alpha value is -0.160. The fraction of sp³-hybridized carbons (Fsp3) is 1.00. The van der Waals surface area contributed by atoms with Crippen LogP contribution in [0.2, 0.25) is 0 Å². The zero-order valence-electron chi connectivity index (χ0n) is 10.9. The van der Waals surface area contributed by atoms with E-state index < -0.39 is 0 Å². The lowest BCUT2D eigenvalue weighted by molar-refractivity contribution is -0.0406. The Morgan fingerprint density at radius 1 is 1.56 bits per heavy atom. The Labute approximate surface area is 99.3 Å². The van der Waals surface area contributed by atoms with Crippen molar-refractivity contribution in [2.75, 3.05) is 47.0 Å². The van der Waals surface area contributed by atoms with Gasteiger partial charge < -0.3 is 19.7 Å². The van der Waals surface area contributed by atoms with Gasteiger partial charge in [0.2, 0.25) is 0 Å². The van der Waals surface area contributed by atoms with Gasteiger partial charge in [-0.05, 0) is 26.4 Å². The van der Waals surface area contributed by atoms with E-state index in [2.05, 4.69) is 24.2 Å². The van der Waals surface area contributed by atoms with E-state index in [-0.39, 0.29) is 0 Å². The van der Waals surface area contributed by atoms with Crippen LogP contribution in [0.5, 0.6) is 0 Å². The summed E-state index contributed by atoms with van der Waals surface area (Å²) in [6.07, 6.45) is 2.55. The van der Waals surface area contributed by atoms with Crippen molar-refractivity contribution < 1.29 is 9.47 Å². The summed E-state index contributed by atoms with van der Waals surface area (Å²) in [5.41, 5.74) is 0. The molecule has 0 bridgehead atoms. The van der Waals surface area contributed by atoms with Crippen molar-refractivity contribution >= 4 is 0 Å². The Morgan fingerprint density at radius 2 is 2.38 bits per heavy atom. The van der Waals surface area contributed by atoms with E-state index in [0.29, 0.717) is 12.1 Å². The van der Waals surface area contributed by atoms with E-state index in [9.17, 15) is 0 Å². The van der Waals surface area contributed by atoms with Crippen molar-refractivity contribution in [1.29, 1.82) is 0 Å². The van der Waals surface area contributed by atoms with Gasteiger partial charge >= 0.3 is 0 Å². The molecule has 2 atom stereocenters. The third kappa shape index (κ3) is 4.78. The number of morpholine rings is 1. The third-order valence-corrected chi connectivity index (χ3v) is 3.08. The number of nitrogens with one attached hydrogen (secondary N) is 1. The lowest BCUT2D eigenvalue weighted by Crippen LogP contribution is -2.51. The zero-order valence-corrected chi connectivity index (χ0v) is 10.9. The summed E-state index contributed by atoms with van der Waals surface area (Å²) in [6.45, 7) is 6.92. The van der Waals surface area contributed by atoms with Crippen LogP contribution in [-0.2, 0) is 9.47 Å². The van der Waals surface area contributed by atoms with Gasteiger partial charge in [-0.3, -0.25) is 0 Å². The van der Waals surface area contributed by atoms with E-state index in [4.69, 9.17) is 9.47 Å². The molecule has 1 aliphatic heterocycles. The fourth-order valence-electron chi connectivity index (χ4n) is 2.18. The van der Waals surface area contributed by atoms with Crippen molar-refractivity contribution in [2.24, 2.45) is 0 Å². The summed E-state index contributed by atoms with van der Waals surface area (Å²) in [5.74, 6) is 0. The molecule has 4 heteroatoms. The van der Waals surface area contributed by atoms with Crippen LogP contribution >= 0.6 is 0 Å². The van der Waals surface area contributed by atoms with E-state index >= 15 is 0 Å². The largest absolute Gasteiger partial charge is 0.385 e. The van der Waals surface area contributed by atoms with Crippen LogP contribution in [0.25, 0.3) is 0 Å². The molecule has 0 saturated carbocycles. The van der Waals surface area contributed by atoms with E-state index in [1.807, 2.05) is 0 Å². The number of methoxy groups -OCH3 is 1. The predicted molar refractivity (Wildman–Crippen MR) is 65.8 cm³/mol. The van der Waals surface area contributed by atoms with Gasteiger partial charge in [0.1, 0.15) is 0 Å². The van der Waals surface area contributed by atoms with Crippen molar-refractivity contribution in [3.05, 3.63) is 0 Å². The Kier molecular flexibility index (Phi) is 6.96. The van der Waals surface area contributed by atoms with Gasteiger partial charge in [-0.1, -0.05) is 6.92 Å². The molecule has 0 aromatic carbocycles. The molecule has 1 heterocycles. The first-order valence-electron chi connectivity index (χ1n) is 6.30. The van der Waals surface area contributed by atoms with Gasteiger partial charge in [0, 0.05) is 32.8 Å². The molecular formula is C12H26N2O2. The molecule has 0 radical (unpaired) electrons. The molecule has 0 aliphatic carbocycles. The molecule has 2 unspecified atom stereocenters. The molecule has 0 aromatic rings. The normalized spacial score (nSPS) is 24.6. The summed E-state index contributed by atoms with van der Waals surface area (Å²) in [4.78, 5) is 2.34. The SMILES string of the molecule is CCNC(CCCOC)C1CN(C)CCO1. The molecule has 1 aliphatic rings. The summed E-state index contributed by atoms with van der Waals surface area (Å²) < 4.78 is 10.9. The van der Waals surface area contributed by atoms with Crippen LogP contribution in [-0.4, -0.2) is 64.1 Å². The van der Waals surface area contributed by atoms with Crippen LogP contribution in [0.4, 0.5) is 0 Å². The molecule has 0 amide bonds. The summed E-state index contributed by atoms with van der Waals surface area (Å²) >= 11 is 0. The second-order valence-corrected chi connectivity index (χ2v) is 4.47. The maximum atomic E-state index is 5.85. The Bertz CT molecular complexity index is 178. The van der Waals surface area contributed by atoms with Crippen molar-refractivity contribution in [3.8, 4) is 0 Å². The number of hydrogen-bond donors (Lipinski definition) is 1. The minimum atomic E-state index is 0.329. The van der Waals surface area contributed by atoms with Gasteiger partial charge in [-0.25, -0.2) is 0 Å². The first kappa shape index (κ1) is 13.9. The summed E-state index contributed by atoms with van der Waals surface area (Å²) in [5, 5.41) is 3.52. The fourth-order valence-corrected chi connectivity index (χ4v) is 2.18. The molecule has 0 aromatic heterocycles. The molecule has 4 nitrogen and oxygen atoms in total. The van der Waals surface area contributed by atoms with E-state index in [1.165, 1.54) is 0 Å². The maximum absolute atomic E-state index is 5.85. The highest BCUT2D eigenvalue weighted by Gasteiger charge is 2.25. The molecular weight excluding hydrogens is 204 g/mol. The molecule has 1 saturated heterocycles. The van der Waals surface area contributed by atoms with E-state index in [0.717, 1.165) is 45.7 Å². The van der Waals surface area contributed by atoms with Gasteiger partial charge in [-0.15, -0.1) is 0 Å². The second kappa shape index (κ2) is 8.01. The summed E-state index contributed by atoms with van der Waals surface area (Å²) in [6, 6.07) is 0.461. The predicted octanol–water partition coefficient (Wildman–Crippen LogP) is 0.722. The molecule has 1 rings (SSSR count). The van der Waals surface area contributed by atoms with Gasteiger partial charge in [-0.2, -0.15) is 0 Å². The van der Waals surface area contributed by atoms with Gasteiger partial charge in [0.05, 0.1) is 12.7 Å². The Morgan fingerprint density at radius 3 is 3.00 bits per heavy atom. The summed E-state index contributed by atoms with van der Waals surface area (Å²) in [7, 11) is 3.92. The number of hydrogen-bond acceptors (Lipinski definition) is 4. The highest BCUT2D eigenvalue weighted by Crippen LogP contribution is 2.12. The Balaban J connectivity index is 2.34. The minimum absolute atomic E-state index is 0.329. The average molecular weight is 230 g/mol. The van der Waals surface area contributed by atoms with Crippen LogP contribution < -0.4 is 5.32 Å². The maximum Gasteiger partial charge on any atom is 0.0855 e. The molecule has 96 valence electrons. The number of rotatable bonds is 7. The monoisotopic (exact) mass is 230 g/mol. The zero-order chi connectivity index (χ0) is 11.8. The topological polar surface area (TPSA) is 33.7 Å².